The van der Waals surface area contributed by atoms with Gasteiger partial charge in [-0.05, 0) is 23.8 Å². The molecule has 2 aromatic rings. The Balaban J connectivity index is 2.17. The number of hydrogen-bond donors (Lipinski definition) is 0. The molecule has 0 aliphatic carbocycles. The SMILES string of the molecule is CN(C)c1ccc(C=Nc2ccccc2[S-])cc1. The Morgan fingerprint density at radius 1 is 1.00 bits per heavy atom. The molecule has 18 heavy (non-hydrogen) atoms. The number of aliphatic imine (C=N–C) groups is 1. The van der Waals surface area contributed by atoms with Crippen molar-refractivity contribution in [3.8, 4) is 0 Å². The van der Waals surface area contributed by atoms with Gasteiger partial charge in [0.05, 0.1) is 0 Å². The summed E-state index contributed by atoms with van der Waals surface area (Å²) < 4.78 is 0. The number of hydrogen-bond acceptors (Lipinski definition) is 3. The Morgan fingerprint density at radius 3 is 2.28 bits per heavy atom. The monoisotopic (exact) mass is 255 g/mol. The smallest absolute Gasteiger partial charge is 0.0438 e. The van der Waals surface area contributed by atoms with E-state index in [0.29, 0.717) is 0 Å². The van der Waals surface area contributed by atoms with Gasteiger partial charge in [0.25, 0.3) is 0 Å². The standard InChI is InChI=1S/C15H16N2S/c1-17(2)13-9-7-12(8-10-13)11-16-14-5-3-4-6-15(14)18/h3-11,18H,1-2H3/p-1. The third-order valence-corrected chi connectivity index (χ3v) is 2.97. The molecule has 2 rings (SSSR count). The summed E-state index contributed by atoms with van der Waals surface area (Å²) in [5, 5.41) is 0. The van der Waals surface area contributed by atoms with Crippen LogP contribution in [0, 0.1) is 0 Å². The summed E-state index contributed by atoms with van der Waals surface area (Å²) in [5.41, 5.74) is 3.08. The predicted octanol–water partition coefficient (Wildman–Crippen LogP) is 3.41. The van der Waals surface area contributed by atoms with Crippen LogP contribution in [0.1, 0.15) is 5.56 Å². The molecule has 0 amide bonds. The van der Waals surface area contributed by atoms with Crippen LogP contribution < -0.4 is 4.90 Å². The van der Waals surface area contributed by atoms with E-state index in [1.807, 2.05) is 56.7 Å². The summed E-state index contributed by atoms with van der Waals surface area (Å²) in [5.74, 6) is 0. The lowest BCUT2D eigenvalue weighted by atomic mass is 10.2. The molecule has 0 spiro atoms. The van der Waals surface area contributed by atoms with Gasteiger partial charge in [0.2, 0.25) is 0 Å². The largest absolute Gasteiger partial charge is 0.778 e. The molecule has 0 fully saturated rings. The first kappa shape index (κ1) is 12.6. The molecule has 0 radical (unpaired) electrons. The van der Waals surface area contributed by atoms with Crippen molar-refractivity contribution in [3.63, 3.8) is 0 Å². The van der Waals surface area contributed by atoms with Crippen LogP contribution in [0.3, 0.4) is 0 Å². The van der Waals surface area contributed by atoms with Crippen molar-refractivity contribution < 1.29 is 0 Å². The molecule has 3 heteroatoms. The van der Waals surface area contributed by atoms with E-state index < -0.39 is 0 Å². The molecule has 0 bridgehead atoms. The highest BCUT2D eigenvalue weighted by Gasteiger charge is 1.94. The van der Waals surface area contributed by atoms with E-state index in [0.717, 1.165) is 16.1 Å². The summed E-state index contributed by atoms with van der Waals surface area (Å²) in [7, 11) is 4.05. The normalized spacial score (nSPS) is 10.8. The van der Waals surface area contributed by atoms with Crippen molar-refractivity contribution >= 4 is 30.2 Å². The topological polar surface area (TPSA) is 15.6 Å². The lowest BCUT2D eigenvalue weighted by Gasteiger charge is -2.12. The van der Waals surface area contributed by atoms with E-state index >= 15 is 0 Å². The molecule has 0 aliphatic heterocycles. The summed E-state index contributed by atoms with van der Waals surface area (Å²) in [6.45, 7) is 0. The number of nitrogens with zero attached hydrogens (tertiary/aromatic N) is 2. The lowest BCUT2D eigenvalue weighted by Crippen LogP contribution is -2.08. The minimum atomic E-state index is 0.777. The van der Waals surface area contributed by atoms with Crippen molar-refractivity contribution in [1.82, 2.24) is 0 Å². The van der Waals surface area contributed by atoms with E-state index in [1.54, 1.807) is 0 Å². The second kappa shape index (κ2) is 5.65. The van der Waals surface area contributed by atoms with Crippen molar-refractivity contribution in [2.24, 2.45) is 4.99 Å². The van der Waals surface area contributed by atoms with Crippen LogP contribution in [0.25, 0.3) is 0 Å². The molecule has 0 unspecified atom stereocenters. The zero-order valence-corrected chi connectivity index (χ0v) is 11.3. The average molecular weight is 255 g/mol. The van der Waals surface area contributed by atoms with Gasteiger partial charge in [-0.3, -0.25) is 4.99 Å². The summed E-state index contributed by atoms with van der Waals surface area (Å²) in [6, 6.07) is 15.9. The van der Waals surface area contributed by atoms with Crippen molar-refractivity contribution in [2.45, 2.75) is 4.90 Å². The van der Waals surface area contributed by atoms with Crippen molar-refractivity contribution in [1.29, 1.82) is 0 Å². The fraction of sp³-hybridized carbons (Fsp3) is 0.133. The summed E-state index contributed by atoms with van der Waals surface area (Å²) >= 11 is 5.20. The minimum Gasteiger partial charge on any atom is -0.778 e. The third kappa shape index (κ3) is 3.08. The van der Waals surface area contributed by atoms with Gasteiger partial charge in [-0.2, -0.15) is 0 Å². The maximum atomic E-state index is 5.20. The Morgan fingerprint density at radius 2 is 1.67 bits per heavy atom. The Labute approximate surface area is 113 Å². The molecule has 2 nitrogen and oxygen atoms in total. The van der Waals surface area contributed by atoms with Crippen LogP contribution in [-0.4, -0.2) is 20.3 Å². The molecule has 0 aromatic heterocycles. The highest BCUT2D eigenvalue weighted by atomic mass is 32.1. The van der Waals surface area contributed by atoms with Gasteiger partial charge >= 0.3 is 0 Å². The predicted molar refractivity (Wildman–Crippen MR) is 80.1 cm³/mol. The van der Waals surface area contributed by atoms with Crippen LogP contribution in [0.4, 0.5) is 11.4 Å². The van der Waals surface area contributed by atoms with Gasteiger partial charge in [0.15, 0.2) is 0 Å². The van der Waals surface area contributed by atoms with Gasteiger partial charge in [-0.25, -0.2) is 0 Å². The van der Waals surface area contributed by atoms with Crippen LogP contribution in [0.2, 0.25) is 0 Å². The van der Waals surface area contributed by atoms with Crippen LogP contribution in [0.15, 0.2) is 58.4 Å². The Kier molecular flexibility index (Phi) is 3.95. The molecular formula is C15H15N2S-. The van der Waals surface area contributed by atoms with Crippen LogP contribution in [0.5, 0.6) is 0 Å². The summed E-state index contributed by atoms with van der Waals surface area (Å²) in [6.07, 6.45) is 1.84. The molecule has 0 saturated carbocycles. The van der Waals surface area contributed by atoms with Crippen molar-refractivity contribution in [3.05, 3.63) is 54.1 Å². The first-order valence-corrected chi connectivity index (χ1v) is 6.15. The Hall–Kier alpha value is -1.87. The zero-order chi connectivity index (χ0) is 13.0. The Bertz CT molecular complexity index is 545. The molecule has 2 aromatic carbocycles. The fourth-order valence-electron chi connectivity index (χ4n) is 1.57. The molecule has 0 saturated heterocycles. The lowest BCUT2D eigenvalue weighted by molar-refractivity contribution is 1.13. The number of anilines is 1. The van der Waals surface area contributed by atoms with E-state index in [2.05, 4.69) is 22.0 Å². The molecular weight excluding hydrogens is 240 g/mol. The van der Waals surface area contributed by atoms with E-state index in [1.165, 1.54) is 5.69 Å². The number of para-hydroxylation sites is 1. The number of benzene rings is 2. The molecule has 0 N–H and O–H groups in total. The molecule has 0 atom stereocenters. The first-order chi connectivity index (χ1) is 8.66. The van der Waals surface area contributed by atoms with Crippen LogP contribution >= 0.6 is 0 Å². The average Bonchev–Trinajstić information content (AvgIpc) is 2.38. The highest BCUT2D eigenvalue weighted by molar-refractivity contribution is 7.59. The second-order valence-electron chi connectivity index (χ2n) is 4.21. The van der Waals surface area contributed by atoms with Gasteiger partial charge in [0.1, 0.15) is 0 Å². The van der Waals surface area contributed by atoms with Gasteiger partial charge in [-0.1, -0.05) is 30.3 Å². The van der Waals surface area contributed by atoms with Crippen LogP contribution in [-0.2, 0) is 12.6 Å². The maximum absolute atomic E-state index is 5.20. The second-order valence-corrected chi connectivity index (χ2v) is 4.65. The fourth-order valence-corrected chi connectivity index (χ4v) is 1.77. The molecule has 92 valence electrons. The highest BCUT2D eigenvalue weighted by Crippen LogP contribution is 2.18. The van der Waals surface area contributed by atoms with Gasteiger partial charge in [-0.15, -0.1) is 4.90 Å². The van der Waals surface area contributed by atoms with E-state index in [-0.39, 0.29) is 0 Å². The molecule has 0 aliphatic rings. The summed E-state index contributed by atoms with van der Waals surface area (Å²) in [4.78, 5) is 7.25. The first-order valence-electron chi connectivity index (χ1n) is 5.74. The van der Waals surface area contributed by atoms with E-state index in [4.69, 9.17) is 12.6 Å². The number of rotatable bonds is 3. The van der Waals surface area contributed by atoms with E-state index in [9.17, 15) is 0 Å². The maximum Gasteiger partial charge on any atom is 0.0438 e. The third-order valence-electron chi connectivity index (χ3n) is 2.63. The molecule has 0 heterocycles. The van der Waals surface area contributed by atoms with Gasteiger partial charge < -0.3 is 17.5 Å². The minimum absolute atomic E-state index is 0.777. The van der Waals surface area contributed by atoms with Gasteiger partial charge in [0, 0.05) is 31.7 Å². The zero-order valence-electron chi connectivity index (χ0n) is 10.5. The van der Waals surface area contributed by atoms with Crippen molar-refractivity contribution in [2.75, 3.05) is 19.0 Å². The quantitative estimate of drug-likeness (QED) is 0.617.